The Kier molecular flexibility index (Phi) is 4.78. The van der Waals surface area contributed by atoms with Crippen molar-refractivity contribution in [2.45, 2.75) is 44.2 Å². The first-order valence-corrected chi connectivity index (χ1v) is 8.38. The van der Waals surface area contributed by atoms with E-state index in [1.165, 1.54) is 18.2 Å². The highest BCUT2D eigenvalue weighted by Gasteiger charge is 2.21. The second kappa shape index (κ2) is 6.20. The molecule has 0 heterocycles. The van der Waals surface area contributed by atoms with E-state index in [-0.39, 0.29) is 16.6 Å². The number of halogens is 1. The van der Waals surface area contributed by atoms with Gasteiger partial charge in [-0.25, -0.2) is 17.5 Å². The molecule has 0 saturated heterocycles. The maximum Gasteiger partial charge on any atom is 0.240 e. The first kappa shape index (κ1) is 15.4. The second-order valence-electron chi connectivity index (χ2n) is 5.65. The molecule has 0 aliphatic heterocycles. The number of benzene rings is 1. The van der Waals surface area contributed by atoms with Gasteiger partial charge in [0.2, 0.25) is 10.0 Å². The van der Waals surface area contributed by atoms with Crippen LogP contribution in [0.25, 0.3) is 0 Å². The average Bonchev–Trinajstić information content (AvgIpc) is 3.19. The second-order valence-corrected chi connectivity index (χ2v) is 7.42. The van der Waals surface area contributed by atoms with Crippen molar-refractivity contribution in [3.05, 3.63) is 29.6 Å². The zero-order valence-electron chi connectivity index (χ0n) is 11.8. The maximum absolute atomic E-state index is 13.7. The molecule has 0 aromatic heterocycles. The summed E-state index contributed by atoms with van der Waals surface area (Å²) in [6, 6.07) is 4.38. The van der Waals surface area contributed by atoms with Crippen molar-refractivity contribution in [2.24, 2.45) is 5.92 Å². The third kappa shape index (κ3) is 4.26. The van der Waals surface area contributed by atoms with Gasteiger partial charge >= 0.3 is 0 Å². The van der Waals surface area contributed by atoms with Gasteiger partial charge in [-0.15, -0.1) is 0 Å². The minimum Gasteiger partial charge on any atom is -0.310 e. The monoisotopic (exact) mass is 300 g/mol. The Labute approximate surface area is 119 Å². The number of rotatable bonds is 7. The van der Waals surface area contributed by atoms with Gasteiger partial charge in [0.05, 0.1) is 4.90 Å². The van der Waals surface area contributed by atoms with Crippen LogP contribution in [0.2, 0.25) is 0 Å². The van der Waals surface area contributed by atoms with Crippen LogP contribution >= 0.6 is 0 Å². The van der Waals surface area contributed by atoms with Crippen LogP contribution in [0.15, 0.2) is 23.1 Å². The van der Waals surface area contributed by atoms with Crippen LogP contribution in [-0.4, -0.2) is 21.0 Å². The summed E-state index contributed by atoms with van der Waals surface area (Å²) in [6.45, 7) is 4.59. The molecule has 0 spiro atoms. The van der Waals surface area contributed by atoms with E-state index in [9.17, 15) is 12.8 Å². The molecular weight excluding hydrogens is 279 g/mol. The molecule has 1 saturated carbocycles. The summed E-state index contributed by atoms with van der Waals surface area (Å²) in [6.07, 6.45) is 2.21. The molecule has 112 valence electrons. The molecule has 6 heteroatoms. The smallest absolute Gasteiger partial charge is 0.240 e. The largest absolute Gasteiger partial charge is 0.310 e. The summed E-state index contributed by atoms with van der Waals surface area (Å²) in [5.41, 5.74) is 0.393. The van der Waals surface area contributed by atoms with Crippen LogP contribution in [-0.2, 0) is 16.6 Å². The number of hydrogen-bond donors (Lipinski definition) is 2. The normalized spacial score (nSPS) is 15.8. The molecule has 20 heavy (non-hydrogen) atoms. The summed E-state index contributed by atoms with van der Waals surface area (Å²) >= 11 is 0. The lowest BCUT2D eigenvalue weighted by molar-refractivity contribution is 0.557. The highest BCUT2D eigenvalue weighted by atomic mass is 32.2. The lowest BCUT2D eigenvalue weighted by Gasteiger charge is -2.11. The Balaban J connectivity index is 2.12. The molecule has 1 fully saturated rings. The summed E-state index contributed by atoms with van der Waals surface area (Å²) in [7, 11) is -3.56. The minimum atomic E-state index is -3.56. The number of sulfonamides is 1. The first-order valence-electron chi connectivity index (χ1n) is 6.90. The van der Waals surface area contributed by atoms with Gasteiger partial charge in [-0.3, -0.25) is 0 Å². The van der Waals surface area contributed by atoms with Crippen molar-refractivity contribution in [2.75, 3.05) is 6.54 Å². The fourth-order valence-electron chi connectivity index (χ4n) is 1.76. The molecule has 1 aromatic rings. The topological polar surface area (TPSA) is 58.2 Å². The summed E-state index contributed by atoms with van der Waals surface area (Å²) in [4.78, 5) is 0.118. The van der Waals surface area contributed by atoms with Crippen LogP contribution in [0.4, 0.5) is 4.39 Å². The lowest BCUT2D eigenvalue weighted by atomic mass is 10.2. The van der Waals surface area contributed by atoms with Crippen LogP contribution < -0.4 is 10.0 Å². The number of nitrogens with one attached hydrogen (secondary N) is 2. The summed E-state index contributed by atoms with van der Waals surface area (Å²) < 4.78 is 40.4. The predicted molar refractivity (Wildman–Crippen MR) is 76.3 cm³/mol. The van der Waals surface area contributed by atoms with Gasteiger partial charge in [-0.2, -0.15) is 0 Å². The quantitative estimate of drug-likeness (QED) is 0.810. The molecule has 0 radical (unpaired) electrons. The molecule has 0 atom stereocenters. The van der Waals surface area contributed by atoms with Crippen LogP contribution in [0.5, 0.6) is 0 Å². The van der Waals surface area contributed by atoms with Crippen molar-refractivity contribution < 1.29 is 12.8 Å². The third-order valence-corrected chi connectivity index (χ3v) is 4.59. The maximum atomic E-state index is 13.7. The van der Waals surface area contributed by atoms with E-state index in [1.54, 1.807) is 0 Å². The Hall–Kier alpha value is -0.980. The fourth-order valence-corrected chi connectivity index (χ4v) is 3.02. The summed E-state index contributed by atoms with van der Waals surface area (Å²) in [5, 5.41) is 3.19. The van der Waals surface area contributed by atoms with E-state index in [4.69, 9.17) is 0 Å². The first-order chi connectivity index (χ1) is 9.38. The van der Waals surface area contributed by atoms with Gasteiger partial charge in [0.1, 0.15) is 5.82 Å². The van der Waals surface area contributed by atoms with Gasteiger partial charge in [0.25, 0.3) is 0 Å². The van der Waals surface area contributed by atoms with Crippen molar-refractivity contribution >= 4 is 10.0 Å². The SMILES string of the molecule is CC(C)CNS(=O)(=O)c1ccc(F)c(CNC2CC2)c1. The van der Waals surface area contributed by atoms with E-state index in [0.29, 0.717) is 24.7 Å². The molecule has 4 nitrogen and oxygen atoms in total. The Morgan fingerprint density at radius 2 is 2.05 bits per heavy atom. The van der Waals surface area contributed by atoms with Gasteiger partial charge in [0, 0.05) is 24.7 Å². The van der Waals surface area contributed by atoms with Gasteiger partial charge < -0.3 is 5.32 Å². The molecular formula is C14H21FN2O2S. The van der Waals surface area contributed by atoms with Crippen molar-refractivity contribution in [1.82, 2.24) is 10.0 Å². The molecule has 0 amide bonds. The molecule has 0 bridgehead atoms. The molecule has 1 aliphatic rings. The molecule has 1 aliphatic carbocycles. The highest BCUT2D eigenvalue weighted by molar-refractivity contribution is 7.89. The van der Waals surface area contributed by atoms with Crippen LogP contribution in [0.1, 0.15) is 32.3 Å². The van der Waals surface area contributed by atoms with Gasteiger partial charge in [0.15, 0.2) is 0 Å². The van der Waals surface area contributed by atoms with Crippen LogP contribution in [0.3, 0.4) is 0 Å². The predicted octanol–water partition coefficient (Wildman–Crippen LogP) is 2.01. The van der Waals surface area contributed by atoms with Crippen molar-refractivity contribution in [1.29, 1.82) is 0 Å². The molecule has 0 unspecified atom stereocenters. The van der Waals surface area contributed by atoms with Gasteiger partial charge in [-0.1, -0.05) is 13.8 Å². The number of hydrogen-bond acceptors (Lipinski definition) is 3. The summed E-state index contributed by atoms with van der Waals surface area (Å²) in [5.74, 6) is -0.151. The molecule has 1 aromatic carbocycles. The Bertz CT molecular complexity index is 569. The molecule has 2 rings (SSSR count). The lowest BCUT2D eigenvalue weighted by Crippen LogP contribution is -2.27. The minimum absolute atomic E-state index is 0.118. The fraction of sp³-hybridized carbons (Fsp3) is 0.571. The highest BCUT2D eigenvalue weighted by Crippen LogP contribution is 2.21. The van der Waals surface area contributed by atoms with Crippen molar-refractivity contribution in [3.8, 4) is 0 Å². The van der Waals surface area contributed by atoms with E-state index < -0.39 is 10.0 Å². The van der Waals surface area contributed by atoms with E-state index >= 15 is 0 Å². The third-order valence-electron chi connectivity index (χ3n) is 3.17. The van der Waals surface area contributed by atoms with Crippen molar-refractivity contribution in [3.63, 3.8) is 0 Å². The van der Waals surface area contributed by atoms with E-state index in [2.05, 4.69) is 10.0 Å². The van der Waals surface area contributed by atoms with E-state index in [1.807, 2.05) is 13.8 Å². The zero-order chi connectivity index (χ0) is 14.8. The zero-order valence-corrected chi connectivity index (χ0v) is 12.6. The van der Waals surface area contributed by atoms with Crippen LogP contribution in [0, 0.1) is 11.7 Å². The average molecular weight is 300 g/mol. The van der Waals surface area contributed by atoms with Gasteiger partial charge in [-0.05, 0) is 37.0 Å². The Morgan fingerprint density at radius 1 is 1.35 bits per heavy atom. The Morgan fingerprint density at radius 3 is 2.65 bits per heavy atom. The molecule has 2 N–H and O–H groups in total. The standard InChI is InChI=1S/C14H21FN2O2S/c1-10(2)8-17-20(18,19)13-5-6-14(15)11(7-13)9-16-12-3-4-12/h5-7,10,12,16-17H,3-4,8-9H2,1-2H3. The van der Waals surface area contributed by atoms with E-state index in [0.717, 1.165) is 12.8 Å².